The number of carbonyl (C=O) groups excluding carboxylic acids is 3. The van der Waals surface area contributed by atoms with Gasteiger partial charge in [0.1, 0.15) is 16.9 Å². The van der Waals surface area contributed by atoms with Crippen LogP contribution in [0.1, 0.15) is 50.6 Å². The molecule has 11 heteroatoms. The number of hydrogen-bond acceptors (Lipinski definition) is 7. The van der Waals surface area contributed by atoms with Crippen LogP contribution in [0.4, 0.5) is 9.59 Å². The molecule has 1 aromatic heterocycles. The van der Waals surface area contributed by atoms with Gasteiger partial charge in [-0.05, 0) is 44.0 Å². The van der Waals surface area contributed by atoms with Gasteiger partial charge in [-0.25, -0.2) is 14.6 Å². The molecule has 0 bridgehead atoms. The molecule has 0 saturated carbocycles. The highest BCUT2D eigenvalue weighted by Gasteiger charge is 2.54. The third-order valence-corrected chi connectivity index (χ3v) is 7.44. The molecule has 35 heavy (non-hydrogen) atoms. The first-order chi connectivity index (χ1) is 16.5. The number of likely N-dealkylation sites (N-methyl/N-ethyl adjacent to an activating group) is 1. The van der Waals surface area contributed by atoms with Crippen molar-refractivity contribution in [1.82, 2.24) is 25.1 Å². The van der Waals surface area contributed by atoms with Gasteiger partial charge >= 0.3 is 12.1 Å². The third-order valence-electron chi connectivity index (χ3n) is 7.44. The molecule has 2 atom stereocenters. The summed E-state index contributed by atoms with van der Waals surface area (Å²) in [7, 11) is 1.66. The van der Waals surface area contributed by atoms with E-state index in [1.807, 2.05) is 32.9 Å². The van der Waals surface area contributed by atoms with Crippen molar-refractivity contribution in [2.24, 2.45) is 5.16 Å². The van der Waals surface area contributed by atoms with Gasteiger partial charge in [-0.3, -0.25) is 10.1 Å². The number of likely N-dealkylation sites (tertiary alicyclic amines) is 1. The molecule has 6 rings (SSSR count). The predicted octanol–water partition coefficient (Wildman–Crippen LogP) is 2.09. The maximum absolute atomic E-state index is 12.5. The molecule has 3 aliphatic heterocycles. The van der Waals surface area contributed by atoms with E-state index in [4.69, 9.17) is 14.6 Å². The standard InChI is InChI=1S/C24H28N6O5/c1-22(2,3)34-21(33)30-6-5-23(12-30)11-17(28-35-23)18-25-15-7-13-9-24(10-14(13)8-16(15)26-18)19(31)27-20(32)29(24)4/h7-8H,5-6,9-12H2,1-4H3,(H,25,26)(H,27,31,32)/t23-/m1/s1. The largest absolute Gasteiger partial charge is 0.444 e. The van der Waals surface area contributed by atoms with Crippen LogP contribution in [0.2, 0.25) is 0 Å². The molecule has 11 nitrogen and oxygen atoms in total. The summed E-state index contributed by atoms with van der Waals surface area (Å²) in [6, 6.07) is 3.63. The van der Waals surface area contributed by atoms with Gasteiger partial charge in [0.2, 0.25) is 0 Å². The number of hydrogen-bond donors (Lipinski definition) is 2. The van der Waals surface area contributed by atoms with Crippen molar-refractivity contribution < 1.29 is 24.0 Å². The molecule has 0 radical (unpaired) electrons. The third kappa shape index (κ3) is 3.35. The average molecular weight is 481 g/mol. The van der Waals surface area contributed by atoms with Crippen LogP contribution in [0.3, 0.4) is 0 Å². The van der Waals surface area contributed by atoms with Crippen molar-refractivity contribution in [3.8, 4) is 0 Å². The number of aromatic amines is 1. The number of amides is 4. The smallest absolute Gasteiger partial charge is 0.410 e. The zero-order valence-electron chi connectivity index (χ0n) is 20.2. The molecule has 1 aromatic carbocycles. The van der Waals surface area contributed by atoms with E-state index in [0.717, 1.165) is 22.2 Å². The van der Waals surface area contributed by atoms with Gasteiger partial charge in [0.05, 0.1) is 17.6 Å². The van der Waals surface area contributed by atoms with Crippen LogP contribution in [0.15, 0.2) is 17.3 Å². The Bertz CT molecular complexity index is 1280. The normalized spacial score (nSPS) is 25.0. The second-order valence-electron chi connectivity index (χ2n) is 11.1. The van der Waals surface area contributed by atoms with Crippen molar-refractivity contribution in [3.63, 3.8) is 0 Å². The predicted molar refractivity (Wildman–Crippen MR) is 125 cm³/mol. The molecule has 4 amide bonds. The van der Waals surface area contributed by atoms with Crippen molar-refractivity contribution in [3.05, 3.63) is 29.1 Å². The number of carbonyl (C=O) groups is 3. The van der Waals surface area contributed by atoms with Crippen molar-refractivity contribution in [2.45, 2.75) is 63.2 Å². The first kappa shape index (κ1) is 21.9. The lowest BCUT2D eigenvalue weighted by atomic mass is 9.95. The number of urea groups is 1. The number of nitrogens with zero attached hydrogens (tertiary/aromatic N) is 4. The summed E-state index contributed by atoms with van der Waals surface area (Å²) in [6.45, 7) is 6.52. The Hall–Kier alpha value is -3.63. The Morgan fingerprint density at radius 2 is 1.91 bits per heavy atom. The van der Waals surface area contributed by atoms with Crippen molar-refractivity contribution in [1.29, 1.82) is 0 Å². The molecule has 1 unspecified atom stereocenters. The highest BCUT2D eigenvalue weighted by Crippen LogP contribution is 2.39. The Kier molecular flexibility index (Phi) is 4.35. The number of fused-ring (bicyclic) bond motifs is 2. The Morgan fingerprint density at radius 3 is 2.60 bits per heavy atom. The van der Waals surface area contributed by atoms with Crippen LogP contribution in [-0.2, 0) is 27.2 Å². The summed E-state index contributed by atoms with van der Waals surface area (Å²) < 4.78 is 5.50. The molecule has 1 aliphatic carbocycles. The number of nitrogens with one attached hydrogen (secondary N) is 2. The van der Waals surface area contributed by atoms with Gasteiger partial charge in [0, 0.05) is 39.3 Å². The molecular weight excluding hydrogens is 452 g/mol. The number of aromatic nitrogens is 2. The summed E-state index contributed by atoms with van der Waals surface area (Å²) in [5, 5.41) is 6.74. The summed E-state index contributed by atoms with van der Waals surface area (Å²) >= 11 is 0. The number of H-pyrrole nitrogens is 1. The summed E-state index contributed by atoms with van der Waals surface area (Å²) in [4.78, 5) is 54.1. The molecule has 4 aliphatic rings. The first-order valence-corrected chi connectivity index (χ1v) is 11.8. The topological polar surface area (TPSA) is 129 Å². The van der Waals surface area contributed by atoms with E-state index in [1.54, 1.807) is 11.9 Å². The van der Waals surface area contributed by atoms with Gasteiger partial charge in [0.15, 0.2) is 11.4 Å². The van der Waals surface area contributed by atoms with E-state index < -0.39 is 16.7 Å². The lowest BCUT2D eigenvalue weighted by Gasteiger charge is -2.27. The molecular formula is C24H28N6O5. The second kappa shape index (κ2) is 6.96. The molecule has 184 valence electrons. The summed E-state index contributed by atoms with van der Waals surface area (Å²) in [5.74, 6) is 0.384. The molecule has 4 heterocycles. The van der Waals surface area contributed by atoms with Crippen molar-refractivity contribution in [2.75, 3.05) is 20.1 Å². The second-order valence-corrected chi connectivity index (χ2v) is 11.1. The highest BCUT2D eigenvalue weighted by atomic mass is 16.7. The van der Waals surface area contributed by atoms with E-state index >= 15 is 0 Å². The fourth-order valence-electron chi connectivity index (χ4n) is 5.54. The minimum Gasteiger partial charge on any atom is -0.444 e. The molecule has 2 fully saturated rings. The number of rotatable bonds is 1. The van der Waals surface area contributed by atoms with Crippen LogP contribution < -0.4 is 5.32 Å². The minimum absolute atomic E-state index is 0.252. The maximum Gasteiger partial charge on any atom is 0.410 e. The molecule has 2 spiro atoms. The highest BCUT2D eigenvalue weighted by molar-refractivity contribution is 6.08. The van der Waals surface area contributed by atoms with Gasteiger partial charge < -0.3 is 24.4 Å². The van der Waals surface area contributed by atoms with Gasteiger partial charge in [0.25, 0.3) is 5.91 Å². The monoisotopic (exact) mass is 480 g/mol. The zero-order valence-corrected chi connectivity index (χ0v) is 20.2. The fourth-order valence-corrected chi connectivity index (χ4v) is 5.54. The molecule has 2 saturated heterocycles. The quantitative estimate of drug-likeness (QED) is 0.602. The van der Waals surface area contributed by atoms with E-state index in [1.165, 1.54) is 4.90 Å². The van der Waals surface area contributed by atoms with Crippen LogP contribution in [0.25, 0.3) is 11.0 Å². The summed E-state index contributed by atoms with van der Waals surface area (Å²) in [5.41, 5.74) is 2.38. The number of ether oxygens (including phenoxy) is 1. The van der Waals surface area contributed by atoms with E-state index in [0.29, 0.717) is 50.3 Å². The van der Waals surface area contributed by atoms with Crippen LogP contribution >= 0.6 is 0 Å². The number of benzene rings is 1. The Labute approximate surface area is 201 Å². The van der Waals surface area contributed by atoms with E-state index in [2.05, 4.69) is 15.5 Å². The first-order valence-electron chi connectivity index (χ1n) is 11.8. The maximum atomic E-state index is 12.5. The number of imide groups is 1. The Balaban J connectivity index is 1.19. The van der Waals surface area contributed by atoms with Gasteiger partial charge in [-0.2, -0.15) is 0 Å². The molecule has 2 N–H and O–H groups in total. The zero-order chi connectivity index (χ0) is 24.8. The minimum atomic E-state index is -0.862. The van der Waals surface area contributed by atoms with E-state index in [9.17, 15) is 14.4 Å². The van der Waals surface area contributed by atoms with Crippen LogP contribution in [0.5, 0.6) is 0 Å². The number of oxime groups is 1. The van der Waals surface area contributed by atoms with Gasteiger partial charge in [-0.1, -0.05) is 5.16 Å². The Morgan fingerprint density at radius 1 is 1.17 bits per heavy atom. The fraction of sp³-hybridized carbons (Fsp3) is 0.542. The van der Waals surface area contributed by atoms with E-state index in [-0.39, 0.29) is 18.0 Å². The average Bonchev–Trinajstić information content (AvgIpc) is 3.57. The number of imidazole rings is 1. The molecule has 2 aromatic rings. The van der Waals surface area contributed by atoms with Crippen LogP contribution in [-0.4, -0.2) is 80.4 Å². The van der Waals surface area contributed by atoms with Crippen LogP contribution in [0, 0.1) is 0 Å². The summed E-state index contributed by atoms with van der Waals surface area (Å²) in [6.07, 6.45) is 1.80. The van der Waals surface area contributed by atoms with Gasteiger partial charge in [-0.15, -0.1) is 0 Å². The lowest BCUT2D eigenvalue weighted by molar-refractivity contribution is -0.125. The SMILES string of the molecule is CN1C(=O)NC(=O)C12Cc1cc3nc(C4=NO[C@]5(CCN(C(=O)OC(C)(C)C)C5)C4)[nH]c3cc1C2. The van der Waals surface area contributed by atoms with Crippen molar-refractivity contribution >= 4 is 34.8 Å². The lowest BCUT2D eigenvalue weighted by Crippen LogP contribution is -2.48.